The van der Waals surface area contributed by atoms with Crippen LogP contribution in [-0.2, 0) is 7.05 Å². The highest BCUT2D eigenvalue weighted by molar-refractivity contribution is 5.96. The number of nitrogens with one attached hydrogen (secondary N) is 1. The molecule has 0 radical (unpaired) electrons. The molecule has 150 valence electrons. The molecule has 1 fully saturated rings. The summed E-state index contributed by atoms with van der Waals surface area (Å²) >= 11 is 0. The Morgan fingerprint density at radius 3 is 2.48 bits per heavy atom. The molecule has 0 spiro atoms. The molecule has 4 rings (SSSR count). The van der Waals surface area contributed by atoms with Gasteiger partial charge in [0.25, 0.3) is 0 Å². The van der Waals surface area contributed by atoms with Crippen LogP contribution in [0.1, 0.15) is 10.4 Å². The van der Waals surface area contributed by atoms with E-state index in [2.05, 4.69) is 20.1 Å². The first-order valence-corrected chi connectivity index (χ1v) is 9.49. The first kappa shape index (κ1) is 18.8. The second-order valence-electron chi connectivity index (χ2n) is 7.09. The first-order valence-electron chi connectivity index (χ1n) is 9.49. The molecule has 1 aliphatic rings. The molecule has 2 aromatic heterocycles. The molecule has 0 atom stereocenters. The minimum absolute atomic E-state index is 0.223. The number of aryl methyl sites for hydroxylation is 1. The zero-order chi connectivity index (χ0) is 20.5. The van der Waals surface area contributed by atoms with E-state index in [1.807, 2.05) is 24.3 Å². The number of hydrogen-bond acceptors (Lipinski definition) is 6. The summed E-state index contributed by atoms with van der Waals surface area (Å²) in [4.78, 5) is 33.0. The minimum Gasteiger partial charge on any atom is -0.477 e. The van der Waals surface area contributed by atoms with Crippen molar-refractivity contribution in [3.05, 3.63) is 58.5 Å². The molecule has 29 heavy (non-hydrogen) atoms. The van der Waals surface area contributed by atoms with Crippen LogP contribution in [-0.4, -0.2) is 53.9 Å². The quantitative estimate of drug-likeness (QED) is 0.701. The number of hydrogen-bond donors (Lipinski definition) is 2. The highest BCUT2D eigenvalue weighted by Crippen LogP contribution is 2.31. The maximum Gasteiger partial charge on any atom is 0.341 e. The molecule has 1 saturated heterocycles. The van der Waals surface area contributed by atoms with E-state index in [-0.39, 0.29) is 5.56 Å². The summed E-state index contributed by atoms with van der Waals surface area (Å²) in [6.07, 6.45) is 3.19. The second kappa shape index (κ2) is 7.46. The Bertz CT molecular complexity index is 1120. The van der Waals surface area contributed by atoms with Gasteiger partial charge >= 0.3 is 5.97 Å². The third kappa shape index (κ3) is 3.37. The van der Waals surface area contributed by atoms with Gasteiger partial charge in [0.05, 0.1) is 16.9 Å². The van der Waals surface area contributed by atoms with E-state index < -0.39 is 11.4 Å². The van der Waals surface area contributed by atoms with Crippen molar-refractivity contribution < 1.29 is 9.90 Å². The average molecular weight is 393 g/mol. The van der Waals surface area contributed by atoms with Gasteiger partial charge in [-0.25, -0.2) is 9.78 Å². The van der Waals surface area contributed by atoms with Gasteiger partial charge in [0, 0.05) is 58.1 Å². The monoisotopic (exact) mass is 393 g/mol. The van der Waals surface area contributed by atoms with Gasteiger partial charge < -0.3 is 24.8 Å². The number of aromatic carboxylic acids is 1. The van der Waals surface area contributed by atoms with Crippen LogP contribution in [0.2, 0.25) is 0 Å². The van der Waals surface area contributed by atoms with Crippen LogP contribution in [0.5, 0.6) is 0 Å². The first-order chi connectivity index (χ1) is 14.0. The third-order valence-electron chi connectivity index (χ3n) is 5.40. The molecular weight excluding hydrogens is 370 g/mol. The number of rotatable bonds is 4. The summed E-state index contributed by atoms with van der Waals surface area (Å²) in [7, 11) is 3.57. The van der Waals surface area contributed by atoms with Crippen LogP contribution >= 0.6 is 0 Å². The van der Waals surface area contributed by atoms with Crippen LogP contribution < -0.4 is 20.5 Å². The standard InChI is InChI=1S/C21H23N5O3/c1-22-16-11-14-17(24(2)13-15(20(14)27)21(28)29)12-18(16)25-7-9-26(10-8-25)19-5-3-4-6-23-19/h3-6,11-13,22H,7-10H2,1-2H3,(H,28,29). The summed E-state index contributed by atoms with van der Waals surface area (Å²) in [6.45, 7) is 3.32. The molecule has 0 bridgehead atoms. The summed E-state index contributed by atoms with van der Waals surface area (Å²) < 4.78 is 1.70. The van der Waals surface area contributed by atoms with E-state index in [0.29, 0.717) is 10.9 Å². The van der Waals surface area contributed by atoms with Gasteiger partial charge in [-0.15, -0.1) is 0 Å². The lowest BCUT2D eigenvalue weighted by Gasteiger charge is -2.37. The number of aromatic nitrogens is 2. The zero-order valence-electron chi connectivity index (χ0n) is 16.4. The van der Waals surface area contributed by atoms with Crippen LogP contribution in [0, 0.1) is 0 Å². The number of carboxylic acid groups (broad SMARTS) is 1. The fraction of sp³-hybridized carbons (Fsp3) is 0.286. The van der Waals surface area contributed by atoms with Crippen LogP contribution in [0.25, 0.3) is 10.9 Å². The van der Waals surface area contributed by atoms with Gasteiger partial charge in [-0.1, -0.05) is 6.07 Å². The Morgan fingerprint density at radius 2 is 1.86 bits per heavy atom. The van der Waals surface area contributed by atoms with Crippen molar-refractivity contribution in [2.45, 2.75) is 0 Å². The summed E-state index contributed by atoms with van der Waals surface area (Å²) in [5.41, 5.74) is 1.83. The van der Waals surface area contributed by atoms with E-state index in [9.17, 15) is 14.7 Å². The van der Waals surface area contributed by atoms with Gasteiger partial charge in [-0.05, 0) is 24.3 Å². The number of carboxylic acids is 1. The fourth-order valence-corrected chi connectivity index (χ4v) is 3.85. The lowest BCUT2D eigenvalue weighted by Crippen LogP contribution is -2.47. The summed E-state index contributed by atoms with van der Waals surface area (Å²) in [5, 5.41) is 12.9. The number of benzene rings is 1. The summed E-state index contributed by atoms with van der Waals surface area (Å²) in [5.74, 6) is -0.240. The predicted octanol–water partition coefficient (Wildman–Crippen LogP) is 2.00. The van der Waals surface area contributed by atoms with Crippen LogP contribution in [0.4, 0.5) is 17.2 Å². The second-order valence-corrected chi connectivity index (χ2v) is 7.09. The lowest BCUT2D eigenvalue weighted by atomic mass is 10.1. The van der Waals surface area contributed by atoms with Crippen LogP contribution in [0.15, 0.2) is 47.5 Å². The molecule has 3 aromatic rings. The molecule has 8 nitrogen and oxygen atoms in total. The Labute approximate surface area is 168 Å². The van der Waals surface area contributed by atoms with Gasteiger partial charge in [0.15, 0.2) is 0 Å². The number of carbonyl (C=O) groups is 1. The Morgan fingerprint density at radius 1 is 1.14 bits per heavy atom. The lowest BCUT2D eigenvalue weighted by molar-refractivity contribution is 0.0695. The minimum atomic E-state index is -1.21. The zero-order valence-corrected chi connectivity index (χ0v) is 16.4. The smallest absolute Gasteiger partial charge is 0.341 e. The molecule has 8 heteroatoms. The molecular formula is C21H23N5O3. The number of nitrogens with zero attached hydrogens (tertiary/aromatic N) is 4. The third-order valence-corrected chi connectivity index (χ3v) is 5.40. The number of anilines is 3. The largest absolute Gasteiger partial charge is 0.477 e. The predicted molar refractivity (Wildman–Crippen MR) is 114 cm³/mol. The van der Waals surface area contributed by atoms with Crippen molar-refractivity contribution in [3.63, 3.8) is 0 Å². The van der Waals surface area contributed by atoms with Crippen molar-refractivity contribution in [1.82, 2.24) is 9.55 Å². The average Bonchev–Trinajstić information content (AvgIpc) is 2.76. The highest BCUT2D eigenvalue weighted by Gasteiger charge is 2.22. The van der Waals surface area contributed by atoms with Crippen molar-refractivity contribution >= 4 is 34.1 Å². The Hall–Kier alpha value is -3.55. The van der Waals surface area contributed by atoms with E-state index in [1.54, 1.807) is 30.9 Å². The Balaban J connectivity index is 1.69. The van der Waals surface area contributed by atoms with Crippen molar-refractivity contribution in [2.75, 3.05) is 48.3 Å². The van der Waals surface area contributed by atoms with Gasteiger partial charge in [0.2, 0.25) is 5.43 Å². The summed E-state index contributed by atoms with van der Waals surface area (Å²) in [6, 6.07) is 9.63. The molecule has 0 aliphatic carbocycles. The van der Waals surface area contributed by atoms with E-state index in [1.165, 1.54) is 6.20 Å². The van der Waals surface area contributed by atoms with Crippen LogP contribution in [0.3, 0.4) is 0 Å². The van der Waals surface area contributed by atoms with Gasteiger partial charge in [-0.3, -0.25) is 4.79 Å². The Kier molecular flexibility index (Phi) is 4.84. The van der Waals surface area contributed by atoms with Crippen molar-refractivity contribution in [3.8, 4) is 0 Å². The molecule has 3 heterocycles. The normalized spacial score (nSPS) is 14.3. The SMILES string of the molecule is CNc1cc2c(=O)c(C(=O)O)cn(C)c2cc1N1CCN(c2ccccn2)CC1. The molecule has 1 aliphatic heterocycles. The molecule has 1 aromatic carbocycles. The molecule has 0 saturated carbocycles. The molecule has 0 unspecified atom stereocenters. The van der Waals surface area contributed by atoms with Crippen molar-refractivity contribution in [2.24, 2.45) is 7.05 Å². The maximum atomic E-state index is 12.6. The fourth-order valence-electron chi connectivity index (χ4n) is 3.85. The topological polar surface area (TPSA) is 90.7 Å². The number of piperazine rings is 1. The van der Waals surface area contributed by atoms with Gasteiger partial charge in [-0.2, -0.15) is 0 Å². The van der Waals surface area contributed by atoms with E-state index >= 15 is 0 Å². The van der Waals surface area contributed by atoms with E-state index in [4.69, 9.17) is 0 Å². The maximum absolute atomic E-state index is 12.6. The van der Waals surface area contributed by atoms with Crippen molar-refractivity contribution in [1.29, 1.82) is 0 Å². The number of fused-ring (bicyclic) bond motifs is 1. The molecule has 2 N–H and O–H groups in total. The van der Waals surface area contributed by atoms with E-state index in [0.717, 1.165) is 43.4 Å². The van der Waals surface area contributed by atoms with Gasteiger partial charge in [0.1, 0.15) is 11.4 Å². The molecule has 0 amide bonds. The highest BCUT2D eigenvalue weighted by atomic mass is 16.4. The number of pyridine rings is 2.